The van der Waals surface area contributed by atoms with Crippen molar-refractivity contribution >= 4 is 27.5 Å². The number of nitrogen functional groups attached to an aromatic ring is 1. The molecule has 6 heteroatoms. The van der Waals surface area contributed by atoms with E-state index in [-0.39, 0.29) is 5.75 Å². The van der Waals surface area contributed by atoms with E-state index in [0.717, 1.165) is 11.0 Å². The molecule has 0 saturated heterocycles. The highest BCUT2D eigenvalue weighted by Gasteiger charge is 2.10. The lowest BCUT2D eigenvalue weighted by Gasteiger charge is -1.99. The fourth-order valence-corrected chi connectivity index (χ4v) is 2.99. The topological polar surface area (TPSA) is 71.8 Å². The van der Waals surface area contributed by atoms with Gasteiger partial charge in [0.15, 0.2) is 0 Å². The molecule has 0 amide bonds. The summed E-state index contributed by atoms with van der Waals surface area (Å²) in [7, 11) is -1.34. The third-order valence-corrected chi connectivity index (χ3v) is 4.20. The van der Waals surface area contributed by atoms with E-state index in [1.807, 2.05) is 0 Å². The Kier molecular flexibility index (Phi) is 3.23. The zero-order chi connectivity index (χ0) is 14.1. The number of nitrogens with two attached hydrogens (primary N) is 1. The summed E-state index contributed by atoms with van der Waals surface area (Å²) in [5.41, 5.74) is 7.90. The molecule has 20 heavy (non-hydrogen) atoms. The highest BCUT2D eigenvalue weighted by molar-refractivity contribution is 7.84. The average molecular weight is 289 g/mol. The van der Waals surface area contributed by atoms with Crippen molar-refractivity contribution in [3.8, 4) is 0 Å². The lowest BCUT2D eigenvalue weighted by molar-refractivity contribution is 0.622. The maximum atomic E-state index is 13.1. The van der Waals surface area contributed by atoms with E-state index in [1.54, 1.807) is 30.3 Å². The summed E-state index contributed by atoms with van der Waals surface area (Å²) in [6.45, 7) is 0. The Balaban J connectivity index is 1.87. The molecule has 4 nitrogen and oxygen atoms in total. The van der Waals surface area contributed by atoms with Crippen molar-refractivity contribution in [2.75, 3.05) is 5.73 Å². The Morgan fingerprint density at radius 1 is 1.25 bits per heavy atom. The molecule has 0 spiro atoms. The molecule has 3 rings (SSSR count). The number of fused-ring (bicyclic) bond motifs is 1. The van der Waals surface area contributed by atoms with Crippen molar-refractivity contribution in [2.45, 2.75) is 10.6 Å². The van der Waals surface area contributed by atoms with E-state index >= 15 is 0 Å². The third-order valence-electron chi connectivity index (χ3n) is 2.88. The number of halogens is 1. The number of rotatable bonds is 3. The largest absolute Gasteiger partial charge is 0.399 e. The van der Waals surface area contributed by atoms with Gasteiger partial charge >= 0.3 is 0 Å². The van der Waals surface area contributed by atoms with Gasteiger partial charge in [-0.3, -0.25) is 4.21 Å². The van der Waals surface area contributed by atoms with E-state index in [0.29, 0.717) is 16.4 Å². The van der Waals surface area contributed by atoms with Crippen molar-refractivity contribution in [1.82, 2.24) is 9.97 Å². The number of imidazole rings is 1. The van der Waals surface area contributed by atoms with Crippen LogP contribution in [0.1, 0.15) is 5.82 Å². The Bertz CT molecular complexity index is 800. The highest BCUT2D eigenvalue weighted by Crippen LogP contribution is 2.17. The molecule has 0 aliphatic heterocycles. The molecule has 0 aliphatic carbocycles. The minimum atomic E-state index is -1.34. The number of H-pyrrole nitrogens is 1. The smallest absolute Gasteiger partial charge is 0.124 e. The minimum absolute atomic E-state index is 0.206. The molecule has 0 fully saturated rings. The molecule has 1 atom stereocenters. The second-order valence-electron chi connectivity index (χ2n) is 4.41. The Labute approximate surface area is 117 Å². The first kappa shape index (κ1) is 12.8. The molecule has 2 aromatic carbocycles. The van der Waals surface area contributed by atoms with Crippen LogP contribution in [0.2, 0.25) is 0 Å². The van der Waals surface area contributed by atoms with Gasteiger partial charge in [-0.2, -0.15) is 0 Å². The molecule has 3 N–H and O–H groups in total. The molecule has 0 saturated carbocycles. The number of aromatic nitrogens is 2. The quantitative estimate of drug-likeness (QED) is 0.728. The van der Waals surface area contributed by atoms with Crippen LogP contribution in [-0.4, -0.2) is 14.2 Å². The molecular formula is C14H12FN3OS. The van der Waals surface area contributed by atoms with Crippen LogP contribution in [0.5, 0.6) is 0 Å². The Hall–Kier alpha value is -2.21. The van der Waals surface area contributed by atoms with Crippen LogP contribution in [0.15, 0.2) is 47.4 Å². The van der Waals surface area contributed by atoms with Crippen LogP contribution in [0.3, 0.4) is 0 Å². The van der Waals surface area contributed by atoms with Gasteiger partial charge in [-0.15, -0.1) is 0 Å². The first-order valence-corrected chi connectivity index (χ1v) is 7.32. The van der Waals surface area contributed by atoms with Crippen molar-refractivity contribution < 1.29 is 8.60 Å². The summed E-state index contributed by atoms with van der Waals surface area (Å²) in [6.07, 6.45) is 0. The summed E-state index contributed by atoms with van der Waals surface area (Å²) in [4.78, 5) is 7.87. The van der Waals surface area contributed by atoms with Crippen LogP contribution < -0.4 is 5.73 Å². The van der Waals surface area contributed by atoms with Gasteiger partial charge in [0.1, 0.15) is 11.6 Å². The van der Waals surface area contributed by atoms with Crippen molar-refractivity contribution in [3.63, 3.8) is 0 Å². The highest BCUT2D eigenvalue weighted by atomic mass is 32.2. The van der Waals surface area contributed by atoms with E-state index in [2.05, 4.69) is 9.97 Å². The molecule has 3 aromatic rings. The fraction of sp³-hybridized carbons (Fsp3) is 0.0714. The number of nitrogens with zero attached hydrogens (tertiary/aromatic N) is 1. The van der Waals surface area contributed by atoms with Crippen molar-refractivity contribution in [2.24, 2.45) is 0 Å². The maximum Gasteiger partial charge on any atom is 0.124 e. The zero-order valence-corrected chi connectivity index (χ0v) is 11.3. The Morgan fingerprint density at radius 3 is 2.90 bits per heavy atom. The van der Waals surface area contributed by atoms with Crippen molar-refractivity contribution in [3.05, 3.63) is 54.1 Å². The number of anilines is 1. The zero-order valence-electron chi connectivity index (χ0n) is 10.5. The van der Waals surface area contributed by atoms with Gasteiger partial charge in [0, 0.05) is 10.6 Å². The molecule has 0 aliphatic rings. The van der Waals surface area contributed by atoms with Crippen LogP contribution in [-0.2, 0) is 16.6 Å². The second-order valence-corrected chi connectivity index (χ2v) is 5.86. The monoisotopic (exact) mass is 289 g/mol. The van der Waals surface area contributed by atoms with Gasteiger partial charge in [0.05, 0.1) is 27.6 Å². The van der Waals surface area contributed by atoms with E-state index in [4.69, 9.17) is 5.73 Å². The molecular weight excluding hydrogens is 277 g/mol. The third kappa shape index (κ3) is 2.55. The van der Waals surface area contributed by atoms with Gasteiger partial charge < -0.3 is 10.7 Å². The van der Waals surface area contributed by atoms with Gasteiger partial charge in [0.25, 0.3) is 0 Å². The van der Waals surface area contributed by atoms with Gasteiger partial charge in [-0.25, -0.2) is 9.37 Å². The predicted octanol–water partition coefficient (Wildman–Crippen LogP) is 2.59. The predicted molar refractivity (Wildman–Crippen MR) is 77.0 cm³/mol. The first-order chi connectivity index (χ1) is 9.61. The number of hydrogen-bond donors (Lipinski definition) is 2. The second kappa shape index (κ2) is 5.05. The first-order valence-electron chi connectivity index (χ1n) is 6.00. The van der Waals surface area contributed by atoms with Gasteiger partial charge in [0.2, 0.25) is 0 Å². The molecule has 1 heterocycles. The van der Waals surface area contributed by atoms with E-state index < -0.39 is 16.6 Å². The molecule has 0 bridgehead atoms. The van der Waals surface area contributed by atoms with Crippen LogP contribution in [0.4, 0.5) is 10.1 Å². The van der Waals surface area contributed by atoms with Crippen LogP contribution in [0.25, 0.3) is 11.0 Å². The molecule has 1 aromatic heterocycles. The number of aromatic amines is 1. The van der Waals surface area contributed by atoms with Crippen molar-refractivity contribution in [1.29, 1.82) is 0 Å². The summed E-state index contributed by atoms with van der Waals surface area (Å²) >= 11 is 0. The van der Waals surface area contributed by atoms with Crippen LogP contribution >= 0.6 is 0 Å². The summed E-state index contributed by atoms with van der Waals surface area (Å²) in [5, 5.41) is 0. The lowest BCUT2D eigenvalue weighted by Crippen LogP contribution is -1.98. The normalized spacial score (nSPS) is 12.7. The Morgan fingerprint density at radius 2 is 2.10 bits per heavy atom. The van der Waals surface area contributed by atoms with Gasteiger partial charge in [-0.05, 0) is 36.4 Å². The lowest BCUT2D eigenvalue weighted by atomic mass is 10.3. The molecule has 102 valence electrons. The number of nitrogens with one attached hydrogen (secondary N) is 1. The average Bonchev–Trinajstić information content (AvgIpc) is 2.80. The SMILES string of the molecule is Nc1ccc2nc(CS(=O)c3cccc(F)c3)[nH]c2c1. The molecule has 1 unspecified atom stereocenters. The summed E-state index contributed by atoms with van der Waals surface area (Å²) in [5.74, 6) is 0.402. The standard InChI is InChI=1S/C14H12FN3OS/c15-9-2-1-3-11(6-9)20(19)8-14-17-12-5-4-10(16)7-13(12)18-14/h1-7H,8,16H2,(H,17,18). The summed E-state index contributed by atoms with van der Waals surface area (Å²) < 4.78 is 25.3. The van der Waals surface area contributed by atoms with Gasteiger partial charge in [-0.1, -0.05) is 6.07 Å². The number of benzene rings is 2. The van der Waals surface area contributed by atoms with E-state index in [1.165, 1.54) is 12.1 Å². The summed E-state index contributed by atoms with van der Waals surface area (Å²) in [6, 6.07) is 11.1. The maximum absolute atomic E-state index is 13.1. The fourth-order valence-electron chi connectivity index (χ4n) is 1.96. The number of hydrogen-bond acceptors (Lipinski definition) is 3. The van der Waals surface area contributed by atoms with Crippen LogP contribution in [0, 0.1) is 5.82 Å². The van der Waals surface area contributed by atoms with E-state index in [9.17, 15) is 8.60 Å². The minimum Gasteiger partial charge on any atom is -0.399 e. The molecule has 0 radical (unpaired) electrons.